The molecule has 1 saturated heterocycles. The fourth-order valence-electron chi connectivity index (χ4n) is 2.34. The number of nitrogens with one attached hydrogen (secondary N) is 1. The second-order valence-corrected chi connectivity index (χ2v) is 6.38. The summed E-state index contributed by atoms with van der Waals surface area (Å²) in [5, 5.41) is 0.644. The van der Waals surface area contributed by atoms with Crippen LogP contribution in [0.2, 0.25) is 0 Å². The molecule has 0 radical (unpaired) electrons. The summed E-state index contributed by atoms with van der Waals surface area (Å²) in [6, 6.07) is 1.96. The van der Waals surface area contributed by atoms with Gasteiger partial charge in [-0.05, 0) is 19.9 Å². The molecule has 0 aliphatic carbocycles. The Bertz CT molecular complexity index is 414. The number of rotatable bonds is 3. The van der Waals surface area contributed by atoms with Crippen molar-refractivity contribution in [3.8, 4) is 0 Å². The number of H-pyrrole nitrogens is 1. The lowest BCUT2D eigenvalue weighted by Crippen LogP contribution is -2.39. The minimum Gasteiger partial charge on any atom is -0.362 e. The van der Waals surface area contributed by atoms with Crippen LogP contribution in [0.5, 0.6) is 0 Å². The number of carbonyl (C=O) groups excluding carboxylic acids is 1. The van der Waals surface area contributed by atoms with E-state index in [1.54, 1.807) is 0 Å². The van der Waals surface area contributed by atoms with Gasteiger partial charge in [-0.25, -0.2) is 0 Å². The summed E-state index contributed by atoms with van der Waals surface area (Å²) in [7, 11) is 0. The summed E-state index contributed by atoms with van der Waals surface area (Å²) in [6.45, 7) is 8.80. The third-order valence-electron chi connectivity index (χ3n) is 3.14. The number of Topliss-reactive ketones (excluding diaryl/α,β-unsaturated/α-hetero) is 1. The molecular formula is C13H20N2OS. The van der Waals surface area contributed by atoms with Crippen LogP contribution in [0.4, 0.5) is 0 Å². The summed E-state index contributed by atoms with van der Waals surface area (Å²) >= 11 is 1.99. The van der Waals surface area contributed by atoms with Crippen molar-refractivity contribution in [2.45, 2.75) is 26.0 Å². The molecule has 3 nitrogen and oxygen atoms in total. The lowest BCUT2D eigenvalue weighted by Gasteiger charge is -2.29. The number of thioether (sulfide) groups is 1. The van der Waals surface area contributed by atoms with Gasteiger partial charge in [0.1, 0.15) is 0 Å². The Hall–Kier alpha value is -0.740. The first-order valence-corrected chi connectivity index (χ1v) is 7.14. The third-order valence-corrected chi connectivity index (χ3v) is 4.28. The molecule has 1 aliphatic rings. The Morgan fingerprint density at radius 2 is 2.35 bits per heavy atom. The zero-order chi connectivity index (χ0) is 12.4. The predicted octanol–water partition coefficient (Wildman–Crippen LogP) is 2.25. The number of nitrogens with zero attached hydrogens (tertiary/aromatic N) is 1. The van der Waals surface area contributed by atoms with E-state index in [1.807, 2.05) is 31.7 Å². The Labute approximate surface area is 107 Å². The standard InChI is InChI=1S/C13H20N2OS/c1-9-6-12(11(3)14-9)13(16)8-15-4-5-17-10(2)7-15/h6,10,14H,4-5,7-8H2,1-3H3. The molecule has 1 atom stereocenters. The highest BCUT2D eigenvalue weighted by atomic mass is 32.2. The number of carbonyl (C=O) groups is 1. The number of aryl methyl sites for hydroxylation is 2. The smallest absolute Gasteiger partial charge is 0.178 e. The summed E-state index contributed by atoms with van der Waals surface area (Å²) in [5.41, 5.74) is 2.91. The van der Waals surface area contributed by atoms with Crippen LogP contribution in [0.3, 0.4) is 0 Å². The summed E-state index contributed by atoms with van der Waals surface area (Å²) in [4.78, 5) is 17.6. The van der Waals surface area contributed by atoms with E-state index in [0.717, 1.165) is 35.8 Å². The molecule has 1 aliphatic heterocycles. The van der Waals surface area contributed by atoms with Crippen LogP contribution in [0.25, 0.3) is 0 Å². The fraction of sp³-hybridized carbons (Fsp3) is 0.615. The van der Waals surface area contributed by atoms with Gasteiger partial charge in [-0.15, -0.1) is 0 Å². The number of ketones is 1. The van der Waals surface area contributed by atoms with Crippen LogP contribution in [-0.2, 0) is 0 Å². The molecule has 17 heavy (non-hydrogen) atoms. The highest BCUT2D eigenvalue weighted by molar-refractivity contribution is 7.99. The molecule has 1 aromatic heterocycles. The molecule has 2 heterocycles. The highest BCUT2D eigenvalue weighted by Crippen LogP contribution is 2.18. The van der Waals surface area contributed by atoms with E-state index in [-0.39, 0.29) is 5.78 Å². The molecule has 0 bridgehead atoms. The lowest BCUT2D eigenvalue weighted by atomic mass is 10.1. The van der Waals surface area contributed by atoms with Crippen molar-refractivity contribution in [2.75, 3.05) is 25.4 Å². The zero-order valence-electron chi connectivity index (χ0n) is 10.7. The van der Waals surface area contributed by atoms with Crippen molar-refractivity contribution in [1.82, 2.24) is 9.88 Å². The van der Waals surface area contributed by atoms with Gasteiger partial charge in [0.2, 0.25) is 0 Å². The average Bonchev–Trinajstić information content (AvgIpc) is 2.58. The largest absolute Gasteiger partial charge is 0.362 e. The van der Waals surface area contributed by atoms with Gasteiger partial charge in [0.05, 0.1) is 6.54 Å². The molecule has 4 heteroatoms. The first kappa shape index (κ1) is 12.7. The number of aromatic amines is 1. The molecule has 1 fully saturated rings. The normalized spacial score (nSPS) is 21.7. The van der Waals surface area contributed by atoms with Crippen LogP contribution >= 0.6 is 11.8 Å². The van der Waals surface area contributed by atoms with Crippen molar-refractivity contribution < 1.29 is 4.79 Å². The second-order valence-electron chi connectivity index (χ2n) is 4.83. The molecule has 0 spiro atoms. The minimum atomic E-state index is 0.242. The maximum atomic E-state index is 12.2. The van der Waals surface area contributed by atoms with Gasteiger partial charge in [-0.3, -0.25) is 9.69 Å². The van der Waals surface area contributed by atoms with Gasteiger partial charge < -0.3 is 4.98 Å². The van der Waals surface area contributed by atoms with E-state index in [4.69, 9.17) is 0 Å². The van der Waals surface area contributed by atoms with Crippen LogP contribution in [0.1, 0.15) is 28.7 Å². The monoisotopic (exact) mass is 252 g/mol. The molecule has 1 unspecified atom stereocenters. The topological polar surface area (TPSA) is 36.1 Å². The van der Waals surface area contributed by atoms with Crippen molar-refractivity contribution in [1.29, 1.82) is 0 Å². The first-order valence-electron chi connectivity index (χ1n) is 6.09. The van der Waals surface area contributed by atoms with Crippen molar-refractivity contribution >= 4 is 17.5 Å². The van der Waals surface area contributed by atoms with Crippen LogP contribution in [0, 0.1) is 13.8 Å². The van der Waals surface area contributed by atoms with Gasteiger partial charge in [-0.2, -0.15) is 11.8 Å². The maximum Gasteiger partial charge on any atom is 0.178 e. The highest BCUT2D eigenvalue weighted by Gasteiger charge is 2.20. The lowest BCUT2D eigenvalue weighted by molar-refractivity contribution is 0.0933. The van der Waals surface area contributed by atoms with Gasteiger partial charge in [-0.1, -0.05) is 6.92 Å². The van der Waals surface area contributed by atoms with Crippen LogP contribution in [-0.4, -0.2) is 46.3 Å². The van der Waals surface area contributed by atoms with Gasteiger partial charge in [0.25, 0.3) is 0 Å². The van der Waals surface area contributed by atoms with Crippen LogP contribution in [0.15, 0.2) is 6.07 Å². The van der Waals surface area contributed by atoms with E-state index in [2.05, 4.69) is 16.8 Å². The third kappa shape index (κ3) is 3.13. The average molecular weight is 252 g/mol. The van der Waals surface area contributed by atoms with E-state index in [0.29, 0.717) is 11.8 Å². The molecule has 0 saturated carbocycles. The minimum absolute atomic E-state index is 0.242. The molecular weight excluding hydrogens is 232 g/mol. The molecule has 94 valence electrons. The van der Waals surface area contributed by atoms with E-state index in [9.17, 15) is 4.79 Å². The maximum absolute atomic E-state index is 12.2. The van der Waals surface area contributed by atoms with E-state index >= 15 is 0 Å². The summed E-state index contributed by atoms with van der Waals surface area (Å²) in [6.07, 6.45) is 0. The van der Waals surface area contributed by atoms with Gasteiger partial charge >= 0.3 is 0 Å². The number of hydrogen-bond acceptors (Lipinski definition) is 3. The zero-order valence-corrected chi connectivity index (χ0v) is 11.6. The molecule has 1 aromatic rings. The quantitative estimate of drug-likeness (QED) is 0.838. The fourth-order valence-corrected chi connectivity index (χ4v) is 3.42. The Morgan fingerprint density at radius 3 is 2.94 bits per heavy atom. The van der Waals surface area contributed by atoms with Crippen molar-refractivity contribution in [2.24, 2.45) is 0 Å². The van der Waals surface area contributed by atoms with Gasteiger partial charge in [0.15, 0.2) is 5.78 Å². The van der Waals surface area contributed by atoms with Crippen molar-refractivity contribution in [3.63, 3.8) is 0 Å². The molecule has 0 aromatic carbocycles. The molecule has 0 amide bonds. The Morgan fingerprint density at radius 1 is 1.59 bits per heavy atom. The van der Waals surface area contributed by atoms with Crippen LogP contribution < -0.4 is 0 Å². The van der Waals surface area contributed by atoms with Crippen molar-refractivity contribution in [3.05, 3.63) is 23.0 Å². The summed E-state index contributed by atoms with van der Waals surface area (Å²) < 4.78 is 0. The summed E-state index contributed by atoms with van der Waals surface area (Å²) in [5.74, 6) is 1.38. The van der Waals surface area contributed by atoms with E-state index < -0.39 is 0 Å². The van der Waals surface area contributed by atoms with Gasteiger partial charge in [0, 0.05) is 41.0 Å². The molecule has 1 N–H and O–H groups in total. The number of aromatic nitrogens is 1. The Balaban J connectivity index is 1.99. The Kier molecular flexibility index (Phi) is 3.94. The SMILES string of the molecule is Cc1cc(C(=O)CN2CCSC(C)C2)c(C)[nH]1. The first-order chi connectivity index (χ1) is 8.06. The second kappa shape index (κ2) is 5.27. The van der Waals surface area contributed by atoms with E-state index in [1.165, 1.54) is 0 Å². The number of hydrogen-bond donors (Lipinski definition) is 1. The predicted molar refractivity (Wildman–Crippen MR) is 73.0 cm³/mol. The molecule has 2 rings (SSSR count).